The van der Waals surface area contributed by atoms with Gasteiger partial charge in [0.1, 0.15) is 10.8 Å². The van der Waals surface area contributed by atoms with Crippen LogP contribution in [-0.4, -0.2) is 16.7 Å². The fourth-order valence-corrected chi connectivity index (χ4v) is 1.92. The average Bonchev–Trinajstić information content (AvgIpc) is 2.10. The number of amides is 1. The highest BCUT2D eigenvalue weighted by atomic mass is 79.9. The molecule has 1 amide bonds. The third-order valence-electron chi connectivity index (χ3n) is 1.62. The molecule has 0 radical (unpaired) electrons. The second kappa shape index (κ2) is 5.69. The van der Waals surface area contributed by atoms with Gasteiger partial charge in [0.2, 0.25) is 0 Å². The molecule has 0 fully saturated rings. The maximum Gasteiger partial charge on any atom is 0.407 e. The molecular formula is C11H14BrClN2O2. The van der Waals surface area contributed by atoms with Crippen molar-refractivity contribution in [3.05, 3.63) is 27.5 Å². The predicted molar refractivity (Wildman–Crippen MR) is 70.0 cm³/mol. The second-order valence-corrected chi connectivity index (χ2v) is 5.76. The van der Waals surface area contributed by atoms with E-state index in [-0.39, 0.29) is 6.54 Å². The molecule has 0 spiro atoms. The van der Waals surface area contributed by atoms with Gasteiger partial charge in [0.05, 0.1) is 12.2 Å². The Kier molecular flexibility index (Phi) is 4.77. The van der Waals surface area contributed by atoms with Gasteiger partial charge in [-0.15, -0.1) is 0 Å². The molecule has 0 aliphatic heterocycles. The van der Waals surface area contributed by atoms with Crippen LogP contribution in [0.4, 0.5) is 4.79 Å². The van der Waals surface area contributed by atoms with E-state index < -0.39 is 11.7 Å². The number of halogens is 2. The molecule has 0 aliphatic rings. The summed E-state index contributed by atoms with van der Waals surface area (Å²) in [6, 6.07) is 3.46. The molecule has 0 saturated heterocycles. The maximum absolute atomic E-state index is 11.4. The van der Waals surface area contributed by atoms with Crippen molar-refractivity contribution >= 4 is 33.6 Å². The number of carbonyl (C=O) groups is 1. The predicted octanol–water partition coefficient (Wildman–Crippen LogP) is 3.52. The minimum absolute atomic E-state index is 0.272. The van der Waals surface area contributed by atoms with Gasteiger partial charge in [0.25, 0.3) is 0 Å². The van der Waals surface area contributed by atoms with Crippen LogP contribution in [0.2, 0.25) is 5.15 Å². The Hall–Kier alpha value is -0.810. The van der Waals surface area contributed by atoms with E-state index in [0.29, 0.717) is 10.8 Å². The first kappa shape index (κ1) is 14.3. The molecule has 0 atom stereocenters. The van der Waals surface area contributed by atoms with Crippen molar-refractivity contribution in [2.45, 2.75) is 32.9 Å². The van der Waals surface area contributed by atoms with Gasteiger partial charge in [-0.25, -0.2) is 9.78 Å². The molecule has 6 heteroatoms. The number of hydrogen-bond acceptors (Lipinski definition) is 3. The first-order chi connectivity index (χ1) is 7.76. The highest BCUT2D eigenvalue weighted by Gasteiger charge is 2.15. The summed E-state index contributed by atoms with van der Waals surface area (Å²) in [5.41, 5.74) is 0.155. The SMILES string of the molecule is CC(C)(C)OC(=O)NCc1cc(Br)cc(Cl)n1. The van der Waals surface area contributed by atoms with Crippen LogP contribution in [0.1, 0.15) is 26.5 Å². The van der Waals surface area contributed by atoms with Gasteiger partial charge in [0.15, 0.2) is 0 Å². The Balaban J connectivity index is 2.53. The van der Waals surface area contributed by atoms with E-state index in [1.165, 1.54) is 0 Å². The summed E-state index contributed by atoms with van der Waals surface area (Å²) < 4.78 is 5.92. The molecule has 0 aromatic carbocycles. The molecule has 0 saturated carbocycles. The number of alkyl carbamates (subject to hydrolysis) is 1. The Morgan fingerprint density at radius 3 is 2.71 bits per heavy atom. The second-order valence-electron chi connectivity index (χ2n) is 4.45. The van der Waals surface area contributed by atoms with Crippen LogP contribution in [0.25, 0.3) is 0 Å². The number of hydrogen-bond donors (Lipinski definition) is 1. The van der Waals surface area contributed by atoms with Crippen molar-refractivity contribution in [3.8, 4) is 0 Å². The lowest BCUT2D eigenvalue weighted by Gasteiger charge is -2.19. The highest BCUT2D eigenvalue weighted by molar-refractivity contribution is 9.10. The van der Waals surface area contributed by atoms with Crippen LogP contribution in [0.3, 0.4) is 0 Å². The Bertz CT molecular complexity index is 398. The van der Waals surface area contributed by atoms with Crippen LogP contribution in [0.15, 0.2) is 16.6 Å². The molecule has 4 nitrogen and oxygen atoms in total. The van der Waals surface area contributed by atoms with Gasteiger partial charge in [-0.2, -0.15) is 0 Å². The first-order valence-corrected chi connectivity index (χ1v) is 6.22. The molecule has 1 aromatic rings. The average molecular weight is 322 g/mol. The molecule has 1 rings (SSSR count). The molecule has 0 bridgehead atoms. The van der Waals surface area contributed by atoms with E-state index in [1.807, 2.05) is 0 Å². The summed E-state index contributed by atoms with van der Waals surface area (Å²) in [6.07, 6.45) is -0.476. The number of nitrogens with one attached hydrogen (secondary N) is 1. The van der Waals surface area contributed by atoms with Gasteiger partial charge in [-0.05, 0) is 32.9 Å². The number of rotatable bonds is 2. The van der Waals surface area contributed by atoms with Crippen molar-refractivity contribution in [2.75, 3.05) is 0 Å². The van der Waals surface area contributed by atoms with Crippen LogP contribution in [0, 0.1) is 0 Å². The fourth-order valence-electron chi connectivity index (χ4n) is 1.08. The van der Waals surface area contributed by atoms with Crippen LogP contribution < -0.4 is 5.32 Å². The lowest BCUT2D eigenvalue weighted by atomic mass is 10.2. The normalized spacial score (nSPS) is 11.1. The number of carbonyl (C=O) groups excluding carboxylic acids is 1. The van der Waals surface area contributed by atoms with E-state index in [2.05, 4.69) is 26.2 Å². The molecular weight excluding hydrogens is 307 g/mol. The van der Waals surface area contributed by atoms with Crippen LogP contribution in [-0.2, 0) is 11.3 Å². The van der Waals surface area contributed by atoms with Gasteiger partial charge < -0.3 is 10.1 Å². The molecule has 1 N–H and O–H groups in total. The van der Waals surface area contributed by atoms with Gasteiger partial charge >= 0.3 is 6.09 Å². The van der Waals surface area contributed by atoms with E-state index in [1.54, 1.807) is 32.9 Å². The van der Waals surface area contributed by atoms with E-state index in [0.717, 1.165) is 4.47 Å². The molecule has 17 heavy (non-hydrogen) atoms. The minimum Gasteiger partial charge on any atom is -0.444 e. The van der Waals surface area contributed by atoms with Crippen molar-refractivity contribution in [1.29, 1.82) is 0 Å². The van der Waals surface area contributed by atoms with Crippen molar-refractivity contribution in [3.63, 3.8) is 0 Å². The van der Waals surface area contributed by atoms with E-state index in [4.69, 9.17) is 16.3 Å². The summed E-state index contributed by atoms with van der Waals surface area (Å²) in [4.78, 5) is 15.5. The quantitative estimate of drug-likeness (QED) is 0.848. The fraction of sp³-hybridized carbons (Fsp3) is 0.455. The lowest BCUT2D eigenvalue weighted by molar-refractivity contribution is 0.0523. The molecule has 94 valence electrons. The summed E-state index contributed by atoms with van der Waals surface area (Å²) in [7, 11) is 0. The molecule has 1 heterocycles. The van der Waals surface area contributed by atoms with Crippen molar-refractivity contribution in [1.82, 2.24) is 10.3 Å². The standard InChI is InChI=1S/C11H14BrClN2O2/c1-11(2,3)17-10(16)14-6-8-4-7(12)5-9(13)15-8/h4-5H,6H2,1-3H3,(H,14,16). The smallest absolute Gasteiger partial charge is 0.407 e. The maximum atomic E-state index is 11.4. The Labute approximate surface area is 114 Å². The van der Waals surface area contributed by atoms with Crippen LogP contribution >= 0.6 is 27.5 Å². The largest absolute Gasteiger partial charge is 0.444 e. The van der Waals surface area contributed by atoms with E-state index >= 15 is 0 Å². The number of aromatic nitrogens is 1. The minimum atomic E-state index is -0.508. The number of nitrogens with zero attached hydrogens (tertiary/aromatic N) is 1. The molecule has 0 aliphatic carbocycles. The first-order valence-electron chi connectivity index (χ1n) is 5.05. The molecule has 1 aromatic heterocycles. The third-order valence-corrected chi connectivity index (χ3v) is 2.28. The van der Waals surface area contributed by atoms with Crippen molar-refractivity contribution in [2.24, 2.45) is 0 Å². The van der Waals surface area contributed by atoms with E-state index in [9.17, 15) is 4.79 Å². The highest BCUT2D eigenvalue weighted by Crippen LogP contribution is 2.16. The third kappa shape index (κ3) is 5.89. The summed E-state index contributed by atoms with van der Waals surface area (Å²) >= 11 is 9.09. The topological polar surface area (TPSA) is 51.2 Å². The van der Waals surface area contributed by atoms with Crippen LogP contribution in [0.5, 0.6) is 0 Å². The van der Waals surface area contributed by atoms with Gasteiger partial charge in [-0.1, -0.05) is 27.5 Å². The summed E-state index contributed by atoms with van der Waals surface area (Å²) in [6.45, 7) is 5.69. The van der Waals surface area contributed by atoms with Gasteiger partial charge in [0, 0.05) is 4.47 Å². The Morgan fingerprint density at radius 2 is 2.18 bits per heavy atom. The zero-order chi connectivity index (χ0) is 13.1. The zero-order valence-corrected chi connectivity index (χ0v) is 12.2. The number of pyridine rings is 1. The lowest BCUT2D eigenvalue weighted by Crippen LogP contribution is -2.32. The summed E-state index contributed by atoms with van der Waals surface area (Å²) in [5, 5.41) is 2.98. The molecule has 0 unspecified atom stereocenters. The van der Waals surface area contributed by atoms with Gasteiger partial charge in [-0.3, -0.25) is 0 Å². The monoisotopic (exact) mass is 320 g/mol. The summed E-state index contributed by atoms with van der Waals surface area (Å²) in [5.74, 6) is 0. The zero-order valence-electron chi connectivity index (χ0n) is 9.88. The Morgan fingerprint density at radius 1 is 1.53 bits per heavy atom. The number of ether oxygens (including phenoxy) is 1. The van der Waals surface area contributed by atoms with Crippen molar-refractivity contribution < 1.29 is 9.53 Å².